The van der Waals surface area contributed by atoms with Crippen molar-refractivity contribution in [3.63, 3.8) is 0 Å². The van der Waals surface area contributed by atoms with Crippen molar-refractivity contribution in [3.05, 3.63) is 12.2 Å². The van der Waals surface area contributed by atoms with Crippen LogP contribution < -0.4 is 5.73 Å². The van der Waals surface area contributed by atoms with Gasteiger partial charge in [0.2, 0.25) is 0 Å². The zero-order chi connectivity index (χ0) is 15.7. The average molecular weight is 293 g/mol. The molecule has 0 aliphatic heterocycles. The summed E-state index contributed by atoms with van der Waals surface area (Å²) in [5, 5.41) is 9.19. The molecular weight excluding hydrogens is 262 g/mol. The number of carbonyl (C=O) groups is 1. The van der Waals surface area contributed by atoms with Crippen LogP contribution in [0.4, 0.5) is 0 Å². The molecule has 120 valence electrons. The van der Waals surface area contributed by atoms with E-state index in [4.69, 9.17) is 5.73 Å². The zero-order valence-electron chi connectivity index (χ0n) is 13.8. The van der Waals surface area contributed by atoms with E-state index in [1.165, 1.54) is 19.3 Å². The number of aliphatic carboxylic acids is 1. The largest absolute Gasteiger partial charge is 0.481 e. The van der Waals surface area contributed by atoms with Gasteiger partial charge in [-0.1, -0.05) is 39.3 Å². The predicted molar refractivity (Wildman–Crippen MR) is 85.9 cm³/mol. The summed E-state index contributed by atoms with van der Waals surface area (Å²) in [4.78, 5) is 11.2. The van der Waals surface area contributed by atoms with Crippen LogP contribution >= 0.6 is 0 Å². The van der Waals surface area contributed by atoms with Crippen molar-refractivity contribution in [3.8, 4) is 0 Å². The number of carboxylic acids is 1. The van der Waals surface area contributed by atoms with Crippen molar-refractivity contribution in [2.75, 3.05) is 6.54 Å². The maximum Gasteiger partial charge on any atom is 0.303 e. The molecule has 0 aromatic rings. The molecule has 0 aromatic heterocycles. The van der Waals surface area contributed by atoms with E-state index < -0.39 is 5.97 Å². The van der Waals surface area contributed by atoms with Crippen molar-refractivity contribution in [1.29, 1.82) is 0 Å². The van der Waals surface area contributed by atoms with E-state index in [0.29, 0.717) is 17.9 Å². The Morgan fingerprint density at radius 1 is 1.43 bits per heavy atom. The fourth-order valence-electron chi connectivity index (χ4n) is 4.78. The Hall–Kier alpha value is -0.830. The first-order valence-electron chi connectivity index (χ1n) is 8.47. The number of nitrogens with two attached hydrogens (primary N) is 1. The first kappa shape index (κ1) is 16.5. The summed E-state index contributed by atoms with van der Waals surface area (Å²) in [7, 11) is 0. The summed E-state index contributed by atoms with van der Waals surface area (Å²) >= 11 is 0. The zero-order valence-corrected chi connectivity index (χ0v) is 13.8. The molecule has 3 nitrogen and oxygen atoms in total. The Bertz CT molecular complexity index is 419. The van der Waals surface area contributed by atoms with Crippen molar-refractivity contribution >= 4 is 5.97 Å². The molecule has 0 amide bonds. The minimum Gasteiger partial charge on any atom is -0.481 e. The van der Waals surface area contributed by atoms with Gasteiger partial charge in [-0.15, -0.1) is 0 Å². The molecule has 2 unspecified atom stereocenters. The molecule has 2 rings (SSSR count). The van der Waals surface area contributed by atoms with Gasteiger partial charge in [0.25, 0.3) is 0 Å². The van der Waals surface area contributed by atoms with E-state index in [1.54, 1.807) is 0 Å². The molecule has 1 fully saturated rings. The Morgan fingerprint density at radius 2 is 2.14 bits per heavy atom. The second-order valence-corrected chi connectivity index (χ2v) is 7.69. The molecule has 3 N–H and O–H groups in total. The van der Waals surface area contributed by atoms with Gasteiger partial charge in [0.1, 0.15) is 0 Å². The lowest BCUT2D eigenvalue weighted by Gasteiger charge is -2.60. The van der Waals surface area contributed by atoms with Gasteiger partial charge in [0, 0.05) is 5.41 Å². The average Bonchev–Trinajstić information content (AvgIpc) is 2.79. The van der Waals surface area contributed by atoms with Crippen LogP contribution in [0, 0.1) is 28.6 Å². The molecule has 0 heterocycles. The van der Waals surface area contributed by atoms with E-state index >= 15 is 0 Å². The SMILES string of the molecule is CCC(C)C(C)CC[C@@]12CC=C[C@H]1[C@](CN)(CC(=O)O)C2. The van der Waals surface area contributed by atoms with Crippen molar-refractivity contribution in [2.45, 2.75) is 59.3 Å². The lowest BCUT2D eigenvalue weighted by atomic mass is 9.44. The summed E-state index contributed by atoms with van der Waals surface area (Å²) < 4.78 is 0. The van der Waals surface area contributed by atoms with E-state index in [-0.39, 0.29) is 11.8 Å². The highest BCUT2D eigenvalue weighted by Gasteiger charge is 2.62. The third-order valence-corrected chi connectivity index (χ3v) is 6.50. The molecule has 1 saturated carbocycles. The van der Waals surface area contributed by atoms with Gasteiger partial charge in [-0.2, -0.15) is 0 Å². The number of hydrogen-bond acceptors (Lipinski definition) is 2. The summed E-state index contributed by atoms with van der Waals surface area (Å²) in [6.45, 7) is 7.45. The fourth-order valence-corrected chi connectivity index (χ4v) is 4.78. The van der Waals surface area contributed by atoms with E-state index in [1.807, 2.05) is 0 Å². The molecule has 5 atom stereocenters. The van der Waals surface area contributed by atoms with Crippen LogP contribution in [0.2, 0.25) is 0 Å². The van der Waals surface area contributed by atoms with Gasteiger partial charge >= 0.3 is 5.97 Å². The topological polar surface area (TPSA) is 63.3 Å². The molecule has 3 heteroatoms. The van der Waals surface area contributed by atoms with Crippen molar-refractivity contribution < 1.29 is 9.90 Å². The summed E-state index contributed by atoms with van der Waals surface area (Å²) in [6.07, 6.45) is 10.6. The van der Waals surface area contributed by atoms with Crippen LogP contribution in [0.3, 0.4) is 0 Å². The Morgan fingerprint density at radius 3 is 2.71 bits per heavy atom. The molecule has 0 spiro atoms. The van der Waals surface area contributed by atoms with E-state index in [9.17, 15) is 9.90 Å². The first-order valence-corrected chi connectivity index (χ1v) is 8.47. The molecule has 21 heavy (non-hydrogen) atoms. The highest BCUT2D eigenvalue weighted by Crippen LogP contribution is 2.67. The van der Waals surface area contributed by atoms with Gasteiger partial charge in [0.15, 0.2) is 0 Å². The summed E-state index contributed by atoms with van der Waals surface area (Å²) in [5.41, 5.74) is 6.09. The van der Waals surface area contributed by atoms with Gasteiger partial charge in [-0.25, -0.2) is 0 Å². The highest BCUT2D eigenvalue weighted by molar-refractivity contribution is 5.68. The Balaban J connectivity index is 2.00. The Kier molecular flexibility index (Phi) is 4.82. The van der Waals surface area contributed by atoms with Gasteiger partial charge in [0.05, 0.1) is 6.42 Å². The molecule has 0 radical (unpaired) electrons. The van der Waals surface area contributed by atoms with Crippen molar-refractivity contribution in [2.24, 2.45) is 34.3 Å². The normalized spacial score (nSPS) is 36.9. The predicted octanol–water partition coefficient (Wildman–Crippen LogP) is 3.83. The smallest absolute Gasteiger partial charge is 0.303 e. The number of hydrogen-bond donors (Lipinski definition) is 2. The molecule has 0 saturated heterocycles. The van der Waals surface area contributed by atoms with Crippen LogP contribution in [0.15, 0.2) is 12.2 Å². The number of carboxylic acid groups (broad SMARTS) is 1. The van der Waals surface area contributed by atoms with Crippen LogP contribution in [-0.4, -0.2) is 17.6 Å². The van der Waals surface area contributed by atoms with Crippen LogP contribution in [0.5, 0.6) is 0 Å². The molecule has 2 aliphatic rings. The first-order chi connectivity index (χ1) is 9.89. The lowest BCUT2D eigenvalue weighted by Crippen LogP contribution is -2.58. The maximum atomic E-state index is 11.2. The lowest BCUT2D eigenvalue weighted by molar-refractivity contribution is -0.152. The van der Waals surface area contributed by atoms with Gasteiger partial charge in [-0.3, -0.25) is 4.79 Å². The van der Waals surface area contributed by atoms with Crippen LogP contribution in [0.25, 0.3) is 0 Å². The molecular formula is C18H31NO2. The third-order valence-electron chi connectivity index (χ3n) is 6.50. The Labute approximate surface area is 129 Å². The van der Waals surface area contributed by atoms with Gasteiger partial charge in [-0.05, 0) is 55.4 Å². The highest BCUT2D eigenvalue weighted by atomic mass is 16.4. The maximum absolute atomic E-state index is 11.2. The van der Waals surface area contributed by atoms with Crippen LogP contribution in [0.1, 0.15) is 59.3 Å². The van der Waals surface area contributed by atoms with E-state index in [2.05, 4.69) is 32.9 Å². The minimum absolute atomic E-state index is 0.182. The molecule has 0 aromatic carbocycles. The second kappa shape index (κ2) is 6.12. The third kappa shape index (κ3) is 2.90. The van der Waals surface area contributed by atoms with E-state index in [0.717, 1.165) is 24.7 Å². The molecule has 2 aliphatic carbocycles. The fraction of sp³-hybridized carbons (Fsp3) is 0.833. The minimum atomic E-state index is -0.706. The summed E-state index contributed by atoms with van der Waals surface area (Å²) in [5.74, 6) is 1.20. The monoisotopic (exact) mass is 293 g/mol. The standard InChI is InChI=1S/C18H31NO2/c1-4-13(2)14(3)7-9-17-8-5-6-15(17)18(11-17,12-19)10-16(20)21/h5-6,13-15H,4,7-12,19H2,1-3H3,(H,20,21)/t13?,14?,15-,17-,18-/m1/s1. The molecule has 0 bridgehead atoms. The number of fused-ring (bicyclic) bond motifs is 1. The summed E-state index contributed by atoms with van der Waals surface area (Å²) in [6, 6.07) is 0. The second-order valence-electron chi connectivity index (χ2n) is 7.69. The van der Waals surface area contributed by atoms with Gasteiger partial charge < -0.3 is 10.8 Å². The van der Waals surface area contributed by atoms with Crippen molar-refractivity contribution in [1.82, 2.24) is 0 Å². The number of rotatable bonds is 8. The number of allylic oxidation sites excluding steroid dienone is 2. The quantitative estimate of drug-likeness (QED) is 0.668. The van der Waals surface area contributed by atoms with Crippen LogP contribution in [-0.2, 0) is 4.79 Å².